The zero-order valence-corrected chi connectivity index (χ0v) is 15.6. The van der Waals surface area contributed by atoms with Crippen molar-refractivity contribution in [2.45, 2.75) is 10.9 Å². The third-order valence-electron chi connectivity index (χ3n) is 4.62. The van der Waals surface area contributed by atoms with Crippen LogP contribution in [-0.4, -0.2) is 14.8 Å². The average molecular weight is 385 g/mol. The summed E-state index contributed by atoms with van der Waals surface area (Å²) in [4.78, 5) is 12.1. The van der Waals surface area contributed by atoms with Gasteiger partial charge in [-0.25, -0.2) is 4.79 Å². The number of fused-ring (bicyclic) bond motifs is 3. The SMILES string of the molecule is O=c1cc(CSc2nncn2-c2ccccc2)c2c(ccc3ccccc32)o1. The highest BCUT2D eigenvalue weighted by atomic mass is 32.2. The topological polar surface area (TPSA) is 60.9 Å². The quantitative estimate of drug-likeness (QED) is 0.252. The van der Waals surface area contributed by atoms with Gasteiger partial charge < -0.3 is 4.42 Å². The molecule has 2 heterocycles. The number of nitrogens with zero attached hydrogens (tertiary/aromatic N) is 3. The summed E-state index contributed by atoms with van der Waals surface area (Å²) in [6.07, 6.45) is 1.70. The summed E-state index contributed by atoms with van der Waals surface area (Å²) in [6, 6.07) is 23.5. The number of aromatic nitrogens is 3. The van der Waals surface area contributed by atoms with Crippen molar-refractivity contribution >= 4 is 33.5 Å². The van der Waals surface area contributed by atoms with Crippen molar-refractivity contribution in [1.29, 1.82) is 0 Å². The van der Waals surface area contributed by atoms with Gasteiger partial charge in [-0.1, -0.05) is 60.3 Å². The van der Waals surface area contributed by atoms with E-state index < -0.39 is 0 Å². The first-order valence-electron chi connectivity index (χ1n) is 8.82. The summed E-state index contributed by atoms with van der Waals surface area (Å²) in [5.74, 6) is 0.585. The predicted octanol–water partition coefficient (Wildman–Crippen LogP) is 4.82. The van der Waals surface area contributed by atoms with Crippen LogP contribution in [0.2, 0.25) is 0 Å². The maximum absolute atomic E-state index is 12.1. The van der Waals surface area contributed by atoms with Gasteiger partial charge in [-0.15, -0.1) is 10.2 Å². The second-order valence-corrected chi connectivity index (χ2v) is 7.30. The Labute approximate surface area is 164 Å². The Kier molecular flexibility index (Phi) is 4.18. The molecule has 5 rings (SSSR count). The van der Waals surface area contributed by atoms with Crippen molar-refractivity contribution in [3.63, 3.8) is 0 Å². The van der Waals surface area contributed by atoms with Gasteiger partial charge in [0.2, 0.25) is 0 Å². The van der Waals surface area contributed by atoms with E-state index >= 15 is 0 Å². The van der Waals surface area contributed by atoms with Crippen LogP contribution in [-0.2, 0) is 5.75 Å². The minimum absolute atomic E-state index is 0.345. The van der Waals surface area contributed by atoms with Crippen LogP contribution < -0.4 is 5.63 Å². The van der Waals surface area contributed by atoms with Crippen LogP contribution in [0.3, 0.4) is 0 Å². The zero-order valence-electron chi connectivity index (χ0n) is 14.8. The van der Waals surface area contributed by atoms with Crippen LogP contribution in [0.1, 0.15) is 5.56 Å². The summed E-state index contributed by atoms with van der Waals surface area (Å²) >= 11 is 1.54. The molecule has 0 unspecified atom stereocenters. The Bertz CT molecular complexity index is 1340. The maximum atomic E-state index is 12.1. The molecule has 0 N–H and O–H groups in total. The minimum atomic E-state index is -0.345. The highest BCUT2D eigenvalue weighted by Gasteiger charge is 2.12. The number of thioether (sulfide) groups is 1. The molecule has 0 spiro atoms. The summed E-state index contributed by atoms with van der Waals surface area (Å²) in [7, 11) is 0. The maximum Gasteiger partial charge on any atom is 0.336 e. The van der Waals surface area contributed by atoms with E-state index in [0.717, 1.165) is 32.6 Å². The molecule has 0 aliphatic rings. The summed E-state index contributed by atoms with van der Waals surface area (Å²) in [5.41, 5.74) is 2.18. The third-order valence-corrected chi connectivity index (χ3v) is 5.61. The molecule has 5 aromatic rings. The Morgan fingerprint density at radius 2 is 1.79 bits per heavy atom. The van der Waals surface area contributed by atoms with Crippen LogP contribution in [0.5, 0.6) is 0 Å². The van der Waals surface area contributed by atoms with Gasteiger partial charge in [-0.3, -0.25) is 4.57 Å². The molecule has 0 radical (unpaired) electrons. The van der Waals surface area contributed by atoms with Crippen molar-refractivity contribution in [2.24, 2.45) is 0 Å². The van der Waals surface area contributed by atoms with Crippen molar-refractivity contribution in [1.82, 2.24) is 14.8 Å². The highest BCUT2D eigenvalue weighted by molar-refractivity contribution is 7.98. The Hall–Kier alpha value is -3.38. The molecule has 0 aliphatic carbocycles. The largest absolute Gasteiger partial charge is 0.423 e. The van der Waals surface area contributed by atoms with E-state index in [1.807, 2.05) is 59.2 Å². The first kappa shape index (κ1) is 16.8. The van der Waals surface area contributed by atoms with Gasteiger partial charge in [0.1, 0.15) is 11.9 Å². The third kappa shape index (κ3) is 2.97. The number of para-hydroxylation sites is 1. The molecule has 5 nitrogen and oxygen atoms in total. The number of hydrogen-bond acceptors (Lipinski definition) is 5. The minimum Gasteiger partial charge on any atom is -0.423 e. The summed E-state index contributed by atoms with van der Waals surface area (Å²) in [6.45, 7) is 0. The lowest BCUT2D eigenvalue weighted by Gasteiger charge is -2.09. The van der Waals surface area contributed by atoms with Gasteiger partial charge in [-0.05, 0) is 34.5 Å². The van der Waals surface area contributed by atoms with Crippen molar-refractivity contribution < 1.29 is 4.42 Å². The Morgan fingerprint density at radius 1 is 0.964 bits per heavy atom. The fraction of sp³-hybridized carbons (Fsp3) is 0.0455. The molecular formula is C22H15N3O2S. The zero-order chi connectivity index (χ0) is 18.9. The first-order valence-corrected chi connectivity index (χ1v) is 9.81. The van der Waals surface area contributed by atoms with Gasteiger partial charge in [0.15, 0.2) is 5.16 Å². The molecule has 28 heavy (non-hydrogen) atoms. The lowest BCUT2D eigenvalue weighted by atomic mass is 10.0. The van der Waals surface area contributed by atoms with Gasteiger partial charge in [0.05, 0.1) is 0 Å². The fourth-order valence-electron chi connectivity index (χ4n) is 3.36. The molecule has 0 aliphatic heterocycles. The van der Waals surface area contributed by atoms with Crippen LogP contribution in [0.15, 0.2) is 93.5 Å². The highest BCUT2D eigenvalue weighted by Crippen LogP contribution is 2.31. The molecule has 0 saturated carbocycles. The fourth-order valence-corrected chi connectivity index (χ4v) is 4.27. The second-order valence-electron chi connectivity index (χ2n) is 6.36. The smallest absolute Gasteiger partial charge is 0.336 e. The van der Waals surface area contributed by atoms with Crippen LogP contribution in [0, 0.1) is 0 Å². The Balaban J connectivity index is 1.57. The Morgan fingerprint density at radius 3 is 2.68 bits per heavy atom. The molecule has 0 saturated heterocycles. The van der Waals surface area contributed by atoms with E-state index in [0.29, 0.717) is 11.3 Å². The van der Waals surface area contributed by atoms with Crippen molar-refractivity contribution in [3.05, 3.63) is 95.1 Å². The molecular weight excluding hydrogens is 370 g/mol. The average Bonchev–Trinajstić information content (AvgIpc) is 3.21. The molecule has 2 aromatic heterocycles. The van der Waals surface area contributed by atoms with E-state index in [1.165, 1.54) is 0 Å². The van der Waals surface area contributed by atoms with Gasteiger partial charge >= 0.3 is 5.63 Å². The summed E-state index contributed by atoms with van der Waals surface area (Å²) in [5, 5.41) is 12.2. The molecule has 136 valence electrons. The molecule has 0 fully saturated rings. The molecule has 6 heteroatoms. The standard InChI is InChI=1S/C22H15N3O2S/c26-20-12-16(21-18-9-5-4-6-15(18)10-11-19(21)27-20)13-28-22-24-23-14-25(22)17-7-2-1-3-8-17/h1-12,14H,13H2. The van der Waals surface area contributed by atoms with E-state index in [-0.39, 0.29) is 5.63 Å². The van der Waals surface area contributed by atoms with Gasteiger partial charge in [0, 0.05) is 22.9 Å². The summed E-state index contributed by atoms with van der Waals surface area (Å²) < 4.78 is 7.38. The van der Waals surface area contributed by atoms with Crippen molar-refractivity contribution in [2.75, 3.05) is 0 Å². The lowest BCUT2D eigenvalue weighted by Crippen LogP contribution is -2.01. The lowest BCUT2D eigenvalue weighted by molar-refractivity contribution is 0.560. The molecule has 0 atom stereocenters. The monoisotopic (exact) mass is 385 g/mol. The first-order chi connectivity index (χ1) is 13.8. The second kappa shape index (κ2) is 6.98. The van der Waals surface area contributed by atoms with Crippen LogP contribution in [0.25, 0.3) is 27.4 Å². The van der Waals surface area contributed by atoms with E-state index in [1.54, 1.807) is 24.2 Å². The van der Waals surface area contributed by atoms with E-state index in [9.17, 15) is 4.79 Å². The molecule has 0 amide bonds. The van der Waals surface area contributed by atoms with E-state index in [2.05, 4.69) is 22.3 Å². The molecule has 0 bridgehead atoms. The van der Waals surface area contributed by atoms with Crippen LogP contribution in [0.4, 0.5) is 0 Å². The number of hydrogen-bond donors (Lipinski definition) is 0. The number of rotatable bonds is 4. The number of benzene rings is 3. The van der Waals surface area contributed by atoms with Gasteiger partial charge in [0.25, 0.3) is 0 Å². The van der Waals surface area contributed by atoms with Gasteiger partial charge in [-0.2, -0.15) is 0 Å². The molecule has 3 aromatic carbocycles. The van der Waals surface area contributed by atoms with Crippen LogP contribution >= 0.6 is 11.8 Å². The normalized spacial score (nSPS) is 11.3. The van der Waals surface area contributed by atoms with E-state index in [4.69, 9.17) is 4.42 Å². The predicted molar refractivity (Wildman–Crippen MR) is 111 cm³/mol. The van der Waals surface area contributed by atoms with Crippen molar-refractivity contribution in [3.8, 4) is 5.69 Å².